The van der Waals surface area contributed by atoms with Crippen LogP contribution in [0.5, 0.6) is 0 Å². The highest BCUT2D eigenvalue weighted by Gasteiger charge is 2.31. The molecule has 0 fully saturated rings. The maximum atomic E-state index is 2.46. The van der Waals surface area contributed by atoms with Gasteiger partial charge in [-0.2, -0.15) is 0 Å². The van der Waals surface area contributed by atoms with Crippen molar-refractivity contribution in [1.29, 1.82) is 0 Å². The number of hydrogen-bond acceptors (Lipinski definition) is 0. The molecular formula is C30H10. The minimum Gasteiger partial charge on any atom is -0.0537 e. The highest BCUT2D eigenvalue weighted by Crippen LogP contribution is 2.60. The fraction of sp³-hybridized carbons (Fsp3) is 0. The molecule has 11 aromatic rings. The summed E-state index contributed by atoms with van der Waals surface area (Å²) in [6.07, 6.45) is 0. The van der Waals surface area contributed by atoms with E-state index in [1.165, 1.54) is 108 Å². The Morgan fingerprint density at radius 2 is 0.633 bits per heavy atom. The molecule has 0 aromatic heterocycles. The van der Waals surface area contributed by atoms with Crippen LogP contribution >= 0.6 is 0 Å². The summed E-state index contributed by atoms with van der Waals surface area (Å²) in [6.45, 7) is 0. The van der Waals surface area contributed by atoms with Gasteiger partial charge in [-0.25, -0.2) is 0 Å². The van der Waals surface area contributed by atoms with E-state index in [2.05, 4.69) is 60.7 Å². The zero-order valence-corrected chi connectivity index (χ0v) is 15.8. The van der Waals surface area contributed by atoms with Crippen LogP contribution in [0.25, 0.3) is 108 Å². The third-order valence-corrected chi connectivity index (χ3v) is 8.62. The van der Waals surface area contributed by atoms with Gasteiger partial charge in [-0.1, -0.05) is 36.4 Å². The molecule has 11 rings (SSSR count). The van der Waals surface area contributed by atoms with Crippen LogP contribution in [0.4, 0.5) is 0 Å². The second-order valence-corrected chi connectivity index (χ2v) is 9.63. The lowest BCUT2D eigenvalue weighted by molar-refractivity contribution is 1.99. The summed E-state index contributed by atoms with van der Waals surface area (Å²) in [4.78, 5) is 0. The normalized spacial score (nSPS) is 14.7. The molecule has 0 nitrogen and oxygen atoms in total. The van der Waals surface area contributed by atoms with Crippen LogP contribution in [-0.2, 0) is 0 Å². The molecule has 0 bridgehead atoms. The van der Waals surface area contributed by atoms with Crippen LogP contribution in [0.1, 0.15) is 0 Å². The molecule has 0 unspecified atom stereocenters. The number of rotatable bonds is 0. The minimum atomic E-state index is 1.40. The zero-order valence-electron chi connectivity index (χ0n) is 15.8. The molecule has 0 N–H and O–H groups in total. The first-order valence-corrected chi connectivity index (χ1v) is 10.8. The summed E-state index contributed by atoms with van der Waals surface area (Å²) in [5.74, 6) is 0. The average molecular weight is 370 g/mol. The fourth-order valence-corrected chi connectivity index (χ4v) is 7.76. The number of fused-ring (bicyclic) bond motifs is 2. The van der Waals surface area contributed by atoms with Crippen molar-refractivity contribution >= 4 is 108 Å². The van der Waals surface area contributed by atoms with E-state index < -0.39 is 0 Å². The predicted molar refractivity (Wildman–Crippen MR) is 131 cm³/mol. The van der Waals surface area contributed by atoms with Gasteiger partial charge in [0, 0.05) is 0 Å². The summed E-state index contributed by atoms with van der Waals surface area (Å²) in [6, 6.07) is 23.9. The monoisotopic (exact) mass is 370 g/mol. The molecule has 0 aliphatic heterocycles. The van der Waals surface area contributed by atoms with Crippen LogP contribution in [0.3, 0.4) is 0 Å². The summed E-state index contributed by atoms with van der Waals surface area (Å²) in [5, 5.41) is 29.4. The van der Waals surface area contributed by atoms with Gasteiger partial charge in [-0.05, 0) is 132 Å². The van der Waals surface area contributed by atoms with Gasteiger partial charge in [0.25, 0.3) is 0 Å². The molecule has 0 radical (unpaired) electrons. The summed E-state index contributed by atoms with van der Waals surface area (Å²) < 4.78 is 0. The summed E-state index contributed by atoms with van der Waals surface area (Å²) >= 11 is 0. The predicted octanol–water partition coefficient (Wildman–Crippen LogP) is 8.72. The average Bonchev–Trinajstić information content (AvgIpc) is 3.52. The Labute approximate surface area is 168 Å². The van der Waals surface area contributed by atoms with Crippen LogP contribution in [-0.4, -0.2) is 0 Å². The first-order chi connectivity index (χ1) is 14.9. The third-order valence-electron chi connectivity index (χ3n) is 8.62. The Hall–Kier alpha value is -3.90. The third kappa shape index (κ3) is 0.907. The molecule has 0 aliphatic rings. The van der Waals surface area contributed by atoms with E-state index in [4.69, 9.17) is 0 Å². The standard InChI is InChI=1S/C30H10/c1-2-14-10-19-17-6-4-12-8-15-7-11-3-5-16-18-9-13(1)22-23(14)26(19)30-28(21(12)17)24(15)27(20(11)16)29(30)25(18)22/h1-10H. The topological polar surface area (TPSA) is 0 Å². The van der Waals surface area contributed by atoms with Gasteiger partial charge in [0.1, 0.15) is 0 Å². The van der Waals surface area contributed by atoms with Crippen LogP contribution in [0.15, 0.2) is 60.7 Å². The Morgan fingerprint density at radius 1 is 0.233 bits per heavy atom. The Bertz CT molecular complexity index is 2230. The lowest BCUT2D eigenvalue weighted by Crippen LogP contribution is -1.81. The molecule has 0 atom stereocenters. The van der Waals surface area contributed by atoms with Crippen molar-refractivity contribution in [2.75, 3.05) is 0 Å². The maximum absolute atomic E-state index is 2.46. The largest absolute Gasteiger partial charge is 0.0537 e. The minimum absolute atomic E-state index is 1.40. The van der Waals surface area contributed by atoms with Crippen molar-refractivity contribution in [2.45, 2.75) is 0 Å². The van der Waals surface area contributed by atoms with E-state index in [9.17, 15) is 0 Å². The quantitative estimate of drug-likeness (QED) is 0.234. The van der Waals surface area contributed by atoms with Crippen molar-refractivity contribution < 1.29 is 0 Å². The highest BCUT2D eigenvalue weighted by molar-refractivity contribution is 6.60. The highest BCUT2D eigenvalue weighted by atomic mass is 14.3. The molecule has 0 saturated heterocycles. The van der Waals surface area contributed by atoms with Crippen LogP contribution < -0.4 is 0 Å². The van der Waals surface area contributed by atoms with Crippen LogP contribution in [0, 0.1) is 0 Å². The molecule has 0 spiro atoms. The van der Waals surface area contributed by atoms with Gasteiger partial charge in [-0.3, -0.25) is 0 Å². The van der Waals surface area contributed by atoms with Crippen molar-refractivity contribution in [3.63, 3.8) is 0 Å². The molecule has 130 valence electrons. The summed E-state index contributed by atoms with van der Waals surface area (Å²) in [7, 11) is 0. The van der Waals surface area contributed by atoms with Crippen molar-refractivity contribution in [1.82, 2.24) is 0 Å². The van der Waals surface area contributed by atoms with Crippen molar-refractivity contribution in [3.8, 4) is 0 Å². The first-order valence-electron chi connectivity index (χ1n) is 10.8. The second-order valence-electron chi connectivity index (χ2n) is 9.63. The van der Waals surface area contributed by atoms with Gasteiger partial charge in [-0.15, -0.1) is 0 Å². The van der Waals surface area contributed by atoms with E-state index in [1.54, 1.807) is 0 Å². The molecule has 0 heterocycles. The van der Waals surface area contributed by atoms with Gasteiger partial charge < -0.3 is 0 Å². The molecule has 30 heavy (non-hydrogen) atoms. The van der Waals surface area contributed by atoms with E-state index >= 15 is 0 Å². The molecule has 0 saturated carbocycles. The fourth-order valence-electron chi connectivity index (χ4n) is 7.76. The molecule has 0 heteroatoms. The lowest BCUT2D eigenvalue weighted by Gasteiger charge is -2.10. The van der Waals surface area contributed by atoms with Crippen LogP contribution in [0.2, 0.25) is 0 Å². The summed E-state index contributed by atoms with van der Waals surface area (Å²) in [5.41, 5.74) is 0. The Morgan fingerprint density at radius 3 is 1.17 bits per heavy atom. The Balaban J connectivity index is 1.83. The molecule has 0 amide bonds. The van der Waals surface area contributed by atoms with Crippen molar-refractivity contribution in [2.24, 2.45) is 0 Å². The molecule has 0 aliphatic carbocycles. The van der Waals surface area contributed by atoms with E-state index in [-0.39, 0.29) is 0 Å². The first kappa shape index (κ1) is 12.6. The van der Waals surface area contributed by atoms with Gasteiger partial charge in [0.15, 0.2) is 0 Å². The second kappa shape index (κ2) is 3.34. The molecular weight excluding hydrogens is 360 g/mol. The lowest BCUT2D eigenvalue weighted by atomic mass is 9.91. The zero-order chi connectivity index (χ0) is 18.6. The van der Waals surface area contributed by atoms with Gasteiger partial charge >= 0.3 is 0 Å². The number of hydrogen-bond donors (Lipinski definition) is 0. The maximum Gasteiger partial charge on any atom is -0.0000257 e. The number of benzene rings is 6. The van der Waals surface area contributed by atoms with E-state index in [0.29, 0.717) is 0 Å². The van der Waals surface area contributed by atoms with Crippen molar-refractivity contribution in [3.05, 3.63) is 60.7 Å². The SMILES string of the molecule is c1cc2c3cc4ccc5cc6c7ccc8cc9cc1c2c1c9c(c87)c2c6c5c4c3c12. The Kier molecular flexibility index (Phi) is 1.40. The van der Waals surface area contributed by atoms with E-state index in [1.807, 2.05) is 0 Å². The van der Waals surface area contributed by atoms with Gasteiger partial charge in [0.05, 0.1) is 0 Å². The smallest absolute Gasteiger partial charge is 0.0000257 e. The molecule has 11 aromatic carbocycles. The van der Waals surface area contributed by atoms with E-state index in [0.717, 1.165) is 0 Å². The van der Waals surface area contributed by atoms with Gasteiger partial charge in [0.2, 0.25) is 0 Å².